The second-order valence-electron chi connectivity index (χ2n) is 4.78. The van der Waals surface area contributed by atoms with Gasteiger partial charge in [0.2, 0.25) is 0 Å². The van der Waals surface area contributed by atoms with E-state index in [4.69, 9.17) is 16.3 Å². The minimum atomic E-state index is -0.810. The lowest BCUT2D eigenvalue weighted by Crippen LogP contribution is -2.38. The average Bonchev–Trinajstić information content (AvgIpc) is 2.48. The molecule has 2 amide bonds. The van der Waals surface area contributed by atoms with Gasteiger partial charge < -0.3 is 10.1 Å². The van der Waals surface area contributed by atoms with Crippen molar-refractivity contribution < 1.29 is 14.3 Å². The van der Waals surface area contributed by atoms with Crippen molar-refractivity contribution in [3.05, 3.63) is 34.9 Å². The molecule has 22 heavy (non-hydrogen) atoms. The molecule has 0 radical (unpaired) electrons. The average molecular weight is 326 g/mol. The second-order valence-corrected chi connectivity index (χ2v) is 5.22. The lowest BCUT2D eigenvalue weighted by molar-refractivity contribution is -0.139. The zero-order valence-electron chi connectivity index (χ0n) is 12.6. The molecule has 0 heterocycles. The Hall–Kier alpha value is -1.92. The van der Waals surface area contributed by atoms with Crippen molar-refractivity contribution in [3.63, 3.8) is 0 Å². The highest BCUT2D eigenvalue weighted by Gasteiger charge is 2.11. The number of hydrogen-bond acceptors (Lipinski definition) is 4. The molecule has 0 aromatic heterocycles. The maximum atomic E-state index is 11.5. The van der Waals surface area contributed by atoms with Crippen LogP contribution < -0.4 is 10.7 Å². The first-order valence-corrected chi connectivity index (χ1v) is 7.35. The van der Waals surface area contributed by atoms with Gasteiger partial charge >= 0.3 is 11.8 Å². The lowest BCUT2D eigenvalue weighted by Gasteiger charge is -2.07. The van der Waals surface area contributed by atoms with E-state index in [0.29, 0.717) is 24.6 Å². The van der Waals surface area contributed by atoms with Crippen LogP contribution in [0.5, 0.6) is 0 Å². The number of hydrogen-bond donors (Lipinski definition) is 2. The summed E-state index contributed by atoms with van der Waals surface area (Å²) in [7, 11) is 0. The molecule has 2 N–H and O–H groups in total. The first kappa shape index (κ1) is 18.1. The molecule has 0 saturated heterocycles. The molecule has 7 heteroatoms. The van der Waals surface area contributed by atoms with Crippen LogP contribution in [-0.2, 0) is 14.3 Å². The molecule has 0 atom stereocenters. The zero-order valence-corrected chi connectivity index (χ0v) is 13.4. The Morgan fingerprint density at radius 2 is 1.95 bits per heavy atom. The predicted octanol–water partition coefficient (Wildman–Crippen LogP) is 1.72. The maximum Gasteiger partial charge on any atom is 0.329 e. The number of ether oxygens (including phenoxy) is 1. The number of amides is 2. The predicted molar refractivity (Wildman–Crippen MR) is 85.9 cm³/mol. The summed E-state index contributed by atoms with van der Waals surface area (Å²) in [6.45, 7) is 4.78. The molecule has 0 spiro atoms. The van der Waals surface area contributed by atoms with E-state index in [2.05, 4.69) is 15.8 Å². The topological polar surface area (TPSA) is 79.8 Å². The smallest absolute Gasteiger partial charge is 0.329 e. The molecule has 1 aromatic carbocycles. The number of nitrogens with one attached hydrogen (secondary N) is 2. The summed E-state index contributed by atoms with van der Waals surface area (Å²) < 4.78 is 5.32. The van der Waals surface area contributed by atoms with Crippen LogP contribution in [0.4, 0.5) is 0 Å². The van der Waals surface area contributed by atoms with Crippen molar-refractivity contribution in [2.75, 3.05) is 13.2 Å². The molecule has 0 bridgehead atoms. The molecule has 120 valence electrons. The highest BCUT2D eigenvalue weighted by atomic mass is 35.5. The van der Waals surface area contributed by atoms with Gasteiger partial charge in [-0.25, -0.2) is 5.43 Å². The van der Waals surface area contributed by atoms with E-state index in [1.54, 1.807) is 24.3 Å². The summed E-state index contributed by atoms with van der Waals surface area (Å²) in [6.07, 6.45) is 2.23. The summed E-state index contributed by atoms with van der Waals surface area (Å²) >= 11 is 5.75. The van der Waals surface area contributed by atoms with Crippen LogP contribution in [0.1, 0.15) is 25.8 Å². The van der Waals surface area contributed by atoms with Gasteiger partial charge in [0.1, 0.15) is 0 Å². The molecule has 1 aromatic rings. The fraction of sp³-hybridized carbons (Fsp3) is 0.400. The van der Waals surface area contributed by atoms with Crippen LogP contribution in [0.25, 0.3) is 0 Å². The maximum absolute atomic E-state index is 11.5. The third kappa shape index (κ3) is 7.75. The van der Waals surface area contributed by atoms with Gasteiger partial charge in [0.05, 0.1) is 12.3 Å². The number of benzene rings is 1. The van der Waals surface area contributed by atoms with Crippen molar-refractivity contribution in [1.82, 2.24) is 10.7 Å². The van der Waals surface area contributed by atoms with E-state index in [9.17, 15) is 9.59 Å². The quantitative estimate of drug-likeness (QED) is 0.347. The van der Waals surface area contributed by atoms with Gasteiger partial charge in [0.25, 0.3) is 0 Å². The molecule has 0 aliphatic heterocycles. The van der Waals surface area contributed by atoms with E-state index in [0.717, 1.165) is 5.56 Å². The molecule has 0 fully saturated rings. The van der Waals surface area contributed by atoms with Gasteiger partial charge in [-0.15, -0.1) is 0 Å². The molecule has 6 nitrogen and oxygen atoms in total. The van der Waals surface area contributed by atoms with Gasteiger partial charge in [-0.05, 0) is 38.0 Å². The SMILES string of the molecule is CC(C)OCCCNC(=O)C(=O)NN=Cc1ccc(Cl)cc1. The Kier molecular flexibility index (Phi) is 8.17. The Balaban J connectivity index is 2.23. The number of carbonyl (C=O) groups excluding carboxylic acids is 2. The number of carbonyl (C=O) groups is 2. The van der Waals surface area contributed by atoms with Gasteiger partial charge in [0, 0.05) is 18.2 Å². The molecular weight excluding hydrogens is 306 g/mol. The van der Waals surface area contributed by atoms with Crippen molar-refractivity contribution >= 4 is 29.6 Å². The van der Waals surface area contributed by atoms with Crippen LogP contribution >= 0.6 is 11.6 Å². The van der Waals surface area contributed by atoms with Crippen molar-refractivity contribution in [2.24, 2.45) is 5.10 Å². The zero-order chi connectivity index (χ0) is 16.4. The van der Waals surface area contributed by atoms with E-state index in [-0.39, 0.29) is 6.10 Å². The second kappa shape index (κ2) is 9.92. The largest absolute Gasteiger partial charge is 0.379 e. The Bertz CT molecular complexity index is 515. The van der Waals surface area contributed by atoms with Gasteiger partial charge in [-0.1, -0.05) is 23.7 Å². The summed E-state index contributed by atoms with van der Waals surface area (Å²) in [5.41, 5.74) is 2.92. The van der Waals surface area contributed by atoms with Gasteiger partial charge in [-0.3, -0.25) is 9.59 Å². The van der Waals surface area contributed by atoms with Crippen LogP contribution in [0.15, 0.2) is 29.4 Å². The summed E-state index contributed by atoms with van der Waals surface area (Å²) in [4.78, 5) is 22.9. The van der Waals surface area contributed by atoms with E-state index in [1.165, 1.54) is 6.21 Å². The fourth-order valence-electron chi connectivity index (χ4n) is 1.44. The number of halogens is 1. The fourth-order valence-corrected chi connectivity index (χ4v) is 1.56. The van der Waals surface area contributed by atoms with Gasteiger partial charge in [-0.2, -0.15) is 5.10 Å². The highest BCUT2D eigenvalue weighted by Crippen LogP contribution is 2.07. The van der Waals surface area contributed by atoms with Crippen molar-refractivity contribution in [2.45, 2.75) is 26.4 Å². The van der Waals surface area contributed by atoms with E-state index < -0.39 is 11.8 Å². The van der Waals surface area contributed by atoms with E-state index >= 15 is 0 Å². The Labute approximate surface area is 134 Å². The molecular formula is C15H20ClN3O3. The van der Waals surface area contributed by atoms with Gasteiger partial charge in [0.15, 0.2) is 0 Å². The lowest BCUT2D eigenvalue weighted by atomic mass is 10.2. The number of hydrazone groups is 1. The third-order valence-electron chi connectivity index (χ3n) is 2.51. The molecule has 0 aliphatic carbocycles. The first-order chi connectivity index (χ1) is 10.5. The summed E-state index contributed by atoms with van der Waals surface area (Å²) in [5, 5.41) is 6.81. The monoisotopic (exact) mass is 325 g/mol. The summed E-state index contributed by atoms with van der Waals surface area (Å²) in [6, 6.07) is 6.90. The minimum Gasteiger partial charge on any atom is -0.379 e. The third-order valence-corrected chi connectivity index (χ3v) is 2.77. The minimum absolute atomic E-state index is 0.154. The van der Waals surface area contributed by atoms with Crippen LogP contribution in [-0.4, -0.2) is 37.3 Å². The van der Waals surface area contributed by atoms with Crippen molar-refractivity contribution in [3.8, 4) is 0 Å². The van der Waals surface area contributed by atoms with Crippen LogP contribution in [0.2, 0.25) is 5.02 Å². The number of nitrogens with zero attached hydrogens (tertiary/aromatic N) is 1. The molecule has 0 unspecified atom stereocenters. The molecule has 0 aliphatic rings. The highest BCUT2D eigenvalue weighted by molar-refractivity contribution is 6.35. The van der Waals surface area contributed by atoms with Crippen LogP contribution in [0, 0.1) is 0 Å². The van der Waals surface area contributed by atoms with Crippen LogP contribution in [0.3, 0.4) is 0 Å². The Morgan fingerprint density at radius 1 is 1.27 bits per heavy atom. The first-order valence-electron chi connectivity index (χ1n) is 6.97. The van der Waals surface area contributed by atoms with E-state index in [1.807, 2.05) is 13.8 Å². The standard InChI is InChI=1S/C15H20ClN3O3/c1-11(2)22-9-3-8-17-14(20)15(21)19-18-10-12-4-6-13(16)7-5-12/h4-7,10-11H,3,8-9H2,1-2H3,(H,17,20)(H,19,21). The molecule has 0 saturated carbocycles. The summed E-state index contributed by atoms with van der Waals surface area (Å²) in [5.74, 6) is -1.53. The Morgan fingerprint density at radius 3 is 2.59 bits per heavy atom. The normalized spacial score (nSPS) is 10.9. The van der Waals surface area contributed by atoms with Crippen molar-refractivity contribution in [1.29, 1.82) is 0 Å². The molecule has 1 rings (SSSR count). The number of rotatable bonds is 7.